The average molecular weight is 324 g/mol. The van der Waals surface area contributed by atoms with Crippen molar-refractivity contribution in [1.29, 1.82) is 0 Å². The molecule has 5 nitrogen and oxygen atoms in total. The number of hydrogen-bond acceptors (Lipinski definition) is 5. The van der Waals surface area contributed by atoms with Gasteiger partial charge < -0.3 is 10.2 Å². The first-order valence-corrected chi connectivity index (χ1v) is 8.24. The van der Waals surface area contributed by atoms with Crippen molar-refractivity contribution in [2.75, 3.05) is 7.05 Å². The zero-order valence-electron chi connectivity index (χ0n) is 11.3. The molecule has 2 aliphatic heterocycles. The monoisotopic (exact) mass is 323 g/mol. The van der Waals surface area contributed by atoms with Crippen LogP contribution in [0.2, 0.25) is 5.02 Å². The van der Waals surface area contributed by atoms with Crippen molar-refractivity contribution in [1.82, 2.24) is 10.2 Å². The van der Waals surface area contributed by atoms with Crippen LogP contribution in [-0.2, 0) is 9.84 Å². The third kappa shape index (κ3) is 2.56. The van der Waals surface area contributed by atoms with E-state index in [0.717, 1.165) is 5.57 Å². The number of likely N-dealkylation sites (N-methyl/N-ethyl adjacent to an activating group) is 1. The Morgan fingerprint density at radius 3 is 2.76 bits per heavy atom. The topological polar surface area (TPSA) is 61.8 Å². The van der Waals surface area contributed by atoms with Gasteiger partial charge in [0.1, 0.15) is 6.17 Å². The second-order valence-electron chi connectivity index (χ2n) is 4.93. The zero-order chi connectivity index (χ0) is 15.0. The maximum Gasteiger partial charge on any atom is 0.204 e. The standard InChI is InChI=1S/C14H14ClN3O2S/c1-18-8-13(6-10-7-16-9-17-14(10)18)21(19,20)12-4-2-11(15)3-5-12/h2-5,7-9,14H,6H2,1H3,(H,16,17). The summed E-state index contributed by atoms with van der Waals surface area (Å²) in [6.07, 6.45) is 5.28. The second kappa shape index (κ2) is 5.20. The molecule has 0 aromatic heterocycles. The largest absolute Gasteiger partial charge is 0.355 e. The molecule has 21 heavy (non-hydrogen) atoms. The van der Waals surface area contributed by atoms with Gasteiger partial charge in [-0.25, -0.2) is 13.4 Å². The van der Waals surface area contributed by atoms with Crippen LogP contribution in [0.5, 0.6) is 0 Å². The van der Waals surface area contributed by atoms with Gasteiger partial charge >= 0.3 is 0 Å². The molecule has 0 saturated carbocycles. The molecule has 0 bridgehead atoms. The zero-order valence-corrected chi connectivity index (χ0v) is 12.9. The summed E-state index contributed by atoms with van der Waals surface area (Å²) in [5.74, 6) is 0. The molecule has 1 N–H and O–H groups in total. The fraction of sp³-hybridized carbons (Fsp3) is 0.214. The Balaban J connectivity index is 2.00. The number of sulfone groups is 1. The highest BCUT2D eigenvalue weighted by atomic mass is 35.5. The highest BCUT2D eigenvalue weighted by molar-refractivity contribution is 7.95. The molecule has 0 radical (unpaired) electrons. The number of fused-ring (bicyclic) bond motifs is 1. The minimum Gasteiger partial charge on any atom is -0.355 e. The van der Waals surface area contributed by atoms with Gasteiger partial charge in [-0.15, -0.1) is 0 Å². The van der Waals surface area contributed by atoms with E-state index in [2.05, 4.69) is 10.3 Å². The normalized spacial score (nSPS) is 21.2. The molecule has 2 aliphatic rings. The Morgan fingerprint density at radius 1 is 1.33 bits per heavy atom. The molecule has 0 saturated heterocycles. The van der Waals surface area contributed by atoms with Crippen LogP contribution in [0.1, 0.15) is 6.42 Å². The Kier molecular flexibility index (Phi) is 3.51. The van der Waals surface area contributed by atoms with Crippen LogP contribution in [-0.4, -0.2) is 32.9 Å². The quantitative estimate of drug-likeness (QED) is 0.905. The van der Waals surface area contributed by atoms with Crippen molar-refractivity contribution in [3.05, 3.63) is 52.2 Å². The van der Waals surface area contributed by atoms with E-state index < -0.39 is 9.84 Å². The van der Waals surface area contributed by atoms with Crippen molar-refractivity contribution in [3.8, 4) is 0 Å². The molecule has 1 aromatic carbocycles. The fourth-order valence-corrected chi connectivity index (χ4v) is 4.00. The average Bonchev–Trinajstić information content (AvgIpc) is 2.47. The first-order chi connectivity index (χ1) is 9.98. The molecular formula is C14H14ClN3O2S. The number of halogens is 1. The van der Waals surface area contributed by atoms with Crippen LogP contribution < -0.4 is 5.32 Å². The van der Waals surface area contributed by atoms with E-state index in [1.165, 1.54) is 12.1 Å². The van der Waals surface area contributed by atoms with Gasteiger partial charge in [-0.05, 0) is 29.8 Å². The highest BCUT2D eigenvalue weighted by Gasteiger charge is 2.31. The first kappa shape index (κ1) is 14.2. The Hall–Kier alpha value is -1.79. The Bertz CT molecular complexity index is 751. The maximum absolute atomic E-state index is 12.7. The lowest BCUT2D eigenvalue weighted by Gasteiger charge is -2.33. The summed E-state index contributed by atoms with van der Waals surface area (Å²) in [5, 5.41) is 3.42. The number of benzene rings is 1. The van der Waals surface area contributed by atoms with Gasteiger partial charge in [-0.2, -0.15) is 0 Å². The Morgan fingerprint density at radius 2 is 2.05 bits per heavy atom. The van der Waals surface area contributed by atoms with Crippen LogP contribution in [0.15, 0.2) is 57.0 Å². The van der Waals surface area contributed by atoms with Crippen molar-refractivity contribution < 1.29 is 8.42 Å². The predicted octanol–water partition coefficient (Wildman–Crippen LogP) is 2.13. The summed E-state index contributed by atoms with van der Waals surface area (Å²) >= 11 is 5.81. The van der Waals surface area contributed by atoms with E-state index in [4.69, 9.17) is 11.6 Å². The van der Waals surface area contributed by atoms with Crippen LogP contribution in [0.4, 0.5) is 0 Å². The molecule has 2 heterocycles. The summed E-state index contributed by atoms with van der Waals surface area (Å²) in [4.78, 5) is 6.70. The molecule has 3 rings (SSSR count). The van der Waals surface area contributed by atoms with Crippen LogP contribution in [0.3, 0.4) is 0 Å². The fourth-order valence-electron chi connectivity index (χ4n) is 2.41. The molecule has 1 atom stereocenters. The second-order valence-corrected chi connectivity index (χ2v) is 7.37. The Labute approximate surface area is 128 Å². The van der Waals surface area contributed by atoms with E-state index in [9.17, 15) is 8.42 Å². The molecule has 0 amide bonds. The van der Waals surface area contributed by atoms with E-state index >= 15 is 0 Å². The third-order valence-electron chi connectivity index (χ3n) is 3.47. The van der Waals surface area contributed by atoms with Gasteiger partial charge in [-0.3, -0.25) is 0 Å². The molecule has 7 heteroatoms. The lowest BCUT2D eigenvalue weighted by atomic mass is 10.1. The van der Waals surface area contributed by atoms with Gasteiger partial charge in [0, 0.05) is 30.9 Å². The molecule has 110 valence electrons. The van der Waals surface area contributed by atoms with E-state index in [1.807, 2.05) is 7.05 Å². The molecule has 1 aromatic rings. The maximum atomic E-state index is 12.7. The van der Waals surface area contributed by atoms with Crippen LogP contribution in [0.25, 0.3) is 0 Å². The molecule has 1 unspecified atom stereocenters. The van der Waals surface area contributed by atoms with Crippen molar-refractivity contribution >= 4 is 27.8 Å². The summed E-state index contributed by atoms with van der Waals surface area (Å²) in [7, 11) is -1.70. The van der Waals surface area contributed by atoms with Gasteiger partial charge in [0.05, 0.1) is 16.1 Å². The van der Waals surface area contributed by atoms with Gasteiger partial charge in [0.25, 0.3) is 0 Å². The lowest BCUT2D eigenvalue weighted by molar-refractivity contribution is 0.358. The van der Waals surface area contributed by atoms with Gasteiger partial charge in [-0.1, -0.05) is 11.6 Å². The summed E-state index contributed by atoms with van der Waals surface area (Å²) in [6, 6.07) is 6.21. The minimum absolute atomic E-state index is 0.129. The highest BCUT2D eigenvalue weighted by Crippen LogP contribution is 2.32. The summed E-state index contributed by atoms with van der Waals surface area (Å²) in [5.41, 5.74) is 0.926. The molecular weight excluding hydrogens is 310 g/mol. The molecule has 0 spiro atoms. The van der Waals surface area contributed by atoms with Gasteiger partial charge in [0.15, 0.2) is 0 Å². The number of allylic oxidation sites excluding steroid dienone is 1. The van der Waals surface area contributed by atoms with E-state index in [1.54, 1.807) is 35.8 Å². The van der Waals surface area contributed by atoms with Crippen LogP contribution >= 0.6 is 11.6 Å². The molecule has 0 aliphatic carbocycles. The van der Waals surface area contributed by atoms with Gasteiger partial charge in [0.2, 0.25) is 9.84 Å². The SMILES string of the molecule is CN1C=C(S(=O)(=O)c2ccc(Cl)cc2)CC2=CNC=NC21. The number of nitrogens with zero attached hydrogens (tertiary/aromatic N) is 2. The van der Waals surface area contributed by atoms with E-state index in [0.29, 0.717) is 16.3 Å². The third-order valence-corrected chi connectivity index (χ3v) is 5.56. The molecule has 0 fully saturated rings. The van der Waals surface area contributed by atoms with Crippen LogP contribution in [0, 0.1) is 0 Å². The van der Waals surface area contributed by atoms with Crippen molar-refractivity contribution in [2.24, 2.45) is 4.99 Å². The summed E-state index contributed by atoms with van der Waals surface area (Å²) < 4.78 is 25.4. The van der Waals surface area contributed by atoms with Crippen molar-refractivity contribution in [3.63, 3.8) is 0 Å². The minimum atomic E-state index is -3.52. The number of rotatable bonds is 2. The van der Waals surface area contributed by atoms with E-state index in [-0.39, 0.29) is 11.1 Å². The number of nitrogens with one attached hydrogen (secondary N) is 1. The summed E-state index contributed by atoms with van der Waals surface area (Å²) in [6.45, 7) is 0. The predicted molar refractivity (Wildman–Crippen MR) is 82.6 cm³/mol. The lowest BCUT2D eigenvalue weighted by Crippen LogP contribution is -2.36. The van der Waals surface area contributed by atoms with Crippen molar-refractivity contribution in [2.45, 2.75) is 17.5 Å². The first-order valence-electron chi connectivity index (χ1n) is 6.38. The number of hydrogen-bond donors (Lipinski definition) is 1. The number of aliphatic imine (C=N–C) groups is 1. The smallest absolute Gasteiger partial charge is 0.204 e.